The zero-order chi connectivity index (χ0) is 17.5. The standard InChI is InChI=1S/C19H25N3O2/c1-14(2)18(20)9-12-22(3)19(23)15-5-4-6-17(13-15)24-16-7-10-21-11-8-16/h4-8,10-11,13-14,18H,9,12,20H2,1-3H3. The molecule has 24 heavy (non-hydrogen) atoms. The maximum absolute atomic E-state index is 12.6. The predicted molar refractivity (Wildman–Crippen MR) is 95.1 cm³/mol. The molecule has 5 heteroatoms. The summed E-state index contributed by atoms with van der Waals surface area (Å²) in [6, 6.07) is 10.8. The van der Waals surface area contributed by atoms with Gasteiger partial charge in [0.1, 0.15) is 11.5 Å². The lowest BCUT2D eigenvalue weighted by atomic mass is 10.0. The van der Waals surface area contributed by atoms with E-state index in [9.17, 15) is 4.79 Å². The number of rotatable bonds is 7. The van der Waals surface area contributed by atoms with Gasteiger partial charge in [0, 0.05) is 37.6 Å². The molecule has 0 saturated carbocycles. The number of pyridine rings is 1. The molecule has 1 aromatic heterocycles. The van der Waals surface area contributed by atoms with Crippen LogP contribution >= 0.6 is 0 Å². The first-order valence-electron chi connectivity index (χ1n) is 8.16. The quantitative estimate of drug-likeness (QED) is 0.847. The normalized spacial score (nSPS) is 12.0. The molecule has 2 rings (SSSR count). The fourth-order valence-corrected chi connectivity index (χ4v) is 2.23. The maximum Gasteiger partial charge on any atom is 0.253 e. The molecular weight excluding hydrogens is 302 g/mol. The summed E-state index contributed by atoms with van der Waals surface area (Å²) in [6.45, 7) is 4.81. The third-order valence-corrected chi connectivity index (χ3v) is 3.97. The van der Waals surface area contributed by atoms with Crippen LogP contribution in [0.4, 0.5) is 0 Å². The SMILES string of the molecule is CC(C)C(N)CCN(C)C(=O)c1cccc(Oc2ccncc2)c1. The largest absolute Gasteiger partial charge is 0.457 e. The molecule has 2 N–H and O–H groups in total. The summed E-state index contributed by atoms with van der Waals surface area (Å²) in [6.07, 6.45) is 4.11. The topological polar surface area (TPSA) is 68.5 Å². The monoisotopic (exact) mass is 327 g/mol. The smallest absolute Gasteiger partial charge is 0.253 e. The number of aromatic nitrogens is 1. The lowest BCUT2D eigenvalue weighted by Gasteiger charge is -2.21. The molecule has 1 heterocycles. The molecule has 0 radical (unpaired) electrons. The minimum absolute atomic E-state index is 0.0360. The van der Waals surface area contributed by atoms with Crippen LogP contribution in [0.15, 0.2) is 48.8 Å². The number of carbonyl (C=O) groups excluding carboxylic acids is 1. The zero-order valence-corrected chi connectivity index (χ0v) is 14.5. The molecule has 0 bridgehead atoms. The number of amides is 1. The summed E-state index contributed by atoms with van der Waals surface area (Å²) in [5.41, 5.74) is 6.65. The Bertz CT molecular complexity index is 659. The molecule has 1 amide bonds. The van der Waals surface area contributed by atoms with Gasteiger partial charge in [0.05, 0.1) is 0 Å². The Morgan fingerprint density at radius 2 is 1.92 bits per heavy atom. The Hall–Kier alpha value is -2.40. The van der Waals surface area contributed by atoms with Gasteiger partial charge in [0.15, 0.2) is 0 Å². The van der Waals surface area contributed by atoms with Gasteiger partial charge in [-0.25, -0.2) is 0 Å². The average Bonchev–Trinajstić information content (AvgIpc) is 2.59. The van der Waals surface area contributed by atoms with E-state index < -0.39 is 0 Å². The average molecular weight is 327 g/mol. The first-order valence-corrected chi connectivity index (χ1v) is 8.16. The van der Waals surface area contributed by atoms with E-state index in [1.165, 1.54) is 0 Å². The minimum Gasteiger partial charge on any atom is -0.457 e. The van der Waals surface area contributed by atoms with Crippen LogP contribution in [0.25, 0.3) is 0 Å². The summed E-state index contributed by atoms with van der Waals surface area (Å²) < 4.78 is 5.75. The number of hydrogen-bond acceptors (Lipinski definition) is 4. The third-order valence-electron chi connectivity index (χ3n) is 3.97. The molecule has 1 unspecified atom stereocenters. The molecule has 5 nitrogen and oxygen atoms in total. The molecule has 1 aromatic carbocycles. The van der Waals surface area contributed by atoms with Gasteiger partial charge < -0.3 is 15.4 Å². The van der Waals surface area contributed by atoms with Crippen LogP contribution in [0.5, 0.6) is 11.5 Å². The van der Waals surface area contributed by atoms with Gasteiger partial charge in [-0.05, 0) is 42.7 Å². The van der Waals surface area contributed by atoms with Crippen molar-refractivity contribution in [1.82, 2.24) is 9.88 Å². The van der Waals surface area contributed by atoms with Gasteiger partial charge in [-0.3, -0.25) is 9.78 Å². The molecule has 0 fully saturated rings. The lowest BCUT2D eigenvalue weighted by Crippen LogP contribution is -2.34. The van der Waals surface area contributed by atoms with Crippen LogP contribution in [0.2, 0.25) is 0 Å². The highest BCUT2D eigenvalue weighted by Gasteiger charge is 2.15. The van der Waals surface area contributed by atoms with E-state index in [1.54, 1.807) is 48.6 Å². The van der Waals surface area contributed by atoms with Crippen molar-refractivity contribution in [1.29, 1.82) is 0 Å². The van der Waals surface area contributed by atoms with Gasteiger partial charge >= 0.3 is 0 Å². The zero-order valence-electron chi connectivity index (χ0n) is 14.5. The number of nitrogens with zero attached hydrogens (tertiary/aromatic N) is 2. The molecule has 0 aliphatic rings. The summed E-state index contributed by atoms with van der Waals surface area (Å²) >= 11 is 0. The van der Waals surface area contributed by atoms with Crippen molar-refractivity contribution in [2.75, 3.05) is 13.6 Å². The van der Waals surface area contributed by atoms with Gasteiger partial charge in [-0.2, -0.15) is 0 Å². The molecule has 0 aliphatic heterocycles. The number of benzene rings is 1. The number of nitrogens with two attached hydrogens (primary N) is 1. The van der Waals surface area contributed by atoms with Crippen LogP contribution < -0.4 is 10.5 Å². The van der Waals surface area contributed by atoms with Crippen LogP contribution in [0.3, 0.4) is 0 Å². The molecular formula is C19H25N3O2. The van der Waals surface area contributed by atoms with E-state index >= 15 is 0 Å². The van der Waals surface area contributed by atoms with Crippen molar-refractivity contribution in [3.63, 3.8) is 0 Å². The fraction of sp³-hybridized carbons (Fsp3) is 0.368. The lowest BCUT2D eigenvalue weighted by molar-refractivity contribution is 0.0789. The first kappa shape index (κ1) is 17.9. The molecule has 2 aromatic rings. The van der Waals surface area contributed by atoms with Crippen LogP contribution in [0, 0.1) is 5.92 Å². The van der Waals surface area contributed by atoms with E-state index in [4.69, 9.17) is 10.5 Å². The summed E-state index contributed by atoms with van der Waals surface area (Å²) in [4.78, 5) is 18.2. The Kier molecular flexibility index (Phi) is 6.32. The van der Waals surface area contributed by atoms with Gasteiger partial charge in [0.25, 0.3) is 5.91 Å². The second kappa shape index (κ2) is 8.45. The molecule has 128 valence electrons. The van der Waals surface area contributed by atoms with Crippen LogP contribution in [-0.4, -0.2) is 35.4 Å². The molecule has 0 aliphatic carbocycles. The second-order valence-electron chi connectivity index (χ2n) is 6.24. The molecule has 1 atom stereocenters. The van der Waals surface area contributed by atoms with Gasteiger partial charge in [-0.1, -0.05) is 19.9 Å². The van der Waals surface area contributed by atoms with E-state index in [-0.39, 0.29) is 11.9 Å². The summed E-state index contributed by atoms with van der Waals surface area (Å²) in [5, 5.41) is 0. The Labute approximate surface area is 143 Å². The Morgan fingerprint density at radius 3 is 2.58 bits per heavy atom. The number of carbonyl (C=O) groups is 1. The Morgan fingerprint density at radius 1 is 1.21 bits per heavy atom. The minimum atomic E-state index is -0.0360. The van der Waals surface area contributed by atoms with E-state index in [0.717, 1.165) is 6.42 Å². The highest BCUT2D eigenvalue weighted by atomic mass is 16.5. The van der Waals surface area contributed by atoms with Crippen molar-refractivity contribution in [3.8, 4) is 11.5 Å². The first-order chi connectivity index (χ1) is 11.5. The Balaban J connectivity index is 2.00. The third kappa shape index (κ3) is 5.06. The van der Waals surface area contributed by atoms with Crippen molar-refractivity contribution < 1.29 is 9.53 Å². The van der Waals surface area contributed by atoms with Crippen LogP contribution in [0.1, 0.15) is 30.6 Å². The predicted octanol–water partition coefficient (Wildman–Crippen LogP) is 3.32. The van der Waals surface area contributed by atoms with Crippen LogP contribution in [-0.2, 0) is 0 Å². The molecule has 0 saturated heterocycles. The highest BCUT2D eigenvalue weighted by molar-refractivity contribution is 5.94. The number of ether oxygens (including phenoxy) is 1. The van der Waals surface area contributed by atoms with Gasteiger partial charge in [-0.15, -0.1) is 0 Å². The number of hydrogen-bond donors (Lipinski definition) is 1. The van der Waals surface area contributed by atoms with Crippen molar-refractivity contribution in [3.05, 3.63) is 54.4 Å². The highest BCUT2D eigenvalue weighted by Crippen LogP contribution is 2.22. The van der Waals surface area contributed by atoms with Gasteiger partial charge in [0.2, 0.25) is 0 Å². The van der Waals surface area contributed by atoms with E-state index in [0.29, 0.717) is 29.5 Å². The summed E-state index contributed by atoms with van der Waals surface area (Å²) in [7, 11) is 1.80. The molecule has 0 spiro atoms. The maximum atomic E-state index is 12.6. The fourth-order valence-electron chi connectivity index (χ4n) is 2.23. The van der Waals surface area contributed by atoms with Crippen molar-refractivity contribution in [2.24, 2.45) is 11.7 Å². The second-order valence-corrected chi connectivity index (χ2v) is 6.24. The van der Waals surface area contributed by atoms with Crippen molar-refractivity contribution >= 4 is 5.91 Å². The van der Waals surface area contributed by atoms with E-state index in [2.05, 4.69) is 18.8 Å². The van der Waals surface area contributed by atoms with Crippen molar-refractivity contribution in [2.45, 2.75) is 26.3 Å². The van der Waals surface area contributed by atoms with E-state index in [1.807, 2.05) is 12.1 Å². The summed E-state index contributed by atoms with van der Waals surface area (Å²) in [5.74, 6) is 1.68.